The summed E-state index contributed by atoms with van der Waals surface area (Å²) in [5, 5.41) is 9.25. The molecule has 0 saturated carbocycles. The summed E-state index contributed by atoms with van der Waals surface area (Å²) >= 11 is 7.14. The molecule has 3 rings (SSSR count). The Morgan fingerprint density at radius 1 is 1.28 bits per heavy atom. The number of amides is 2. The number of nitrogens with one attached hydrogen (secondary N) is 1. The number of carbonyl (C=O) groups excluding carboxylic acids is 2. The molecule has 7 heteroatoms. The van der Waals surface area contributed by atoms with E-state index in [1.54, 1.807) is 6.07 Å². The molecule has 0 atom stereocenters. The van der Waals surface area contributed by atoms with Crippen molar-refractivity contribution in [2.24, 2.45) is 5.10 Å². The molecule has 0 aromatic heterocycles. The zero-order chi connectivity index (χ0) is 17.8. The first-order valence-electron chi connectivity index (χ1n) is 7.65. The van der Waals surface area contributed by atoms with E-state index in [9.17, 15) is 9.59 Å². The lowest BCUT2D eigenvalue weighted by Crippen LogP contribution is -2.29. The van der Waals surface area contributed by atoms with Gasteiger partial charge in [0.2, 0.25) is 5.91 Å². The van der Waals surface area contributed by atoms with Crippen LogP contribution in [0.5, 0.6) is 0 Å². The van der Waals surface area contributed by atoms with E-state index < -0.39 is 0 Å². The van der Waals surface area contributed by atoms with E-state index in [-0.39, 0.29) is 11.1 Å². The van der Waals surface area contributed by atoms with Gasteiger partial charge in [-0.15, -0.1) is 0 Å². The van der Waals surface area contributed by atoms with Crippen molar-refractivity contribution >= 4 is 45.9 Å². The second-order valence-electron chi connectivity index (χ2n) is 5.55. The maximum Gasteiger partial charge on any atom is 0.302 e. The Hall–Kier alpha value is -2.31. The van der Waals surface area contributed by atoms with Crippen LogP contribution in [-0.2, 0) is 11.3 Å². The maximum atomic E-state index is 12.2. The molecule has 0 bridgehead atoms. The predicted octanol–water partition coefficient (Wildman–Crippen LogP) is 4.37. The molecule has 5 nitrogen and oxygen atoms in total. The molecule has 1 heterocycles. The van der Waals surface area contributed by atoms with Crippen molar-refractivity contribution in [2.45, 2.75) is 13.5 Å². The summed E-state index contributed by atoms with van der Waals surface area (Å²) in [5.41, 5.74) is 3.37. The Morgan fingerprint density at radius 3 is 2.76 bits per heavy atom. The van der Waals surface area contributed by atoms with Crippen molar-refractivity contribution < 1.29 is 9.59 Å². The highest BCUT2D eigenvalue weighted by molar-refractivity contribution is 8.14. The molecule has 25 heavy (non-hydrogen) atoms. The topological polar surface area (TPSA) is 61.8 Å². The fraction of sp³-hybridized carbons (Fsp3) is 0.167. The summed E-state index contributed by atoms with van der Waals surface area (Å²) in [6, 6.07) is 14.8. The third-order valence-corrected chi connectivity index (χ3v) is 4.67. The van der Waals surface area contributed by atoms with Crippen LogP contribution >= 0.6 is 23.4 Å². The summed E-state index contributed by atoms with van der Waals surface area (Å²) in [5.74, 6) is 0.396. The average molecular weight is 374 g/mol. The van der Waals surface area contributed by atoms with E-state index in [0.29, 0.717) is 23.0 Å². The van der Waals surface area contributed by atoms with E-state index in [1.165, 1.54) is 23.7 Å². The van der Waals surface area contributed by atoms with E-state index >= 15 is 0 Å². The molecule has 128 valence electrons. The molecule has 2 aromatic rings. The summed E-state index contributed by atoms with van der Waals surface area (Å²) in [6.07, 6.45) is 0. The van der Waals surface area contributed by atoms with Gasteiger partial charge >= 0.3 is 5.24 Å². The van der Waals surface area contributed by atoms with Gasteiger partial charge in [-0.2, -0.15) is 5.10 Å². The SMILES string of the molecule is CC(=O)Nc1cccc(CN2N=C(c3ccc(Cl)cc3)CSC2=O)c1. The summed E-state index contributed by atoms with van der Waals surface area (Å²) in [4.78, 5) is 23.4. The lowest BCUT2D eigenvalue weighted by molar-refractivity contribution is -0.114. The van der Waals surface area contributed by atoms with Crippen LogP contribution in [-0.4, -0.2) is 27.6 Å². The van der Waals surface area contributed by atoms with Crippen LogP contribution < -0.4 is 5.32 Å². The van der Waals surface area contributed by atoms with Crippen molar-refractivity contribution in [1.82, 2.24) is 5.01 Å². The third kappa shape index (κ3) is 4.61. The first-order valence-corrected chi connectivity index (χ1v) is 9.02. The summed E-state index contributed by atoms with van der Waals surface area (Å²) in [7, 11) is 0. The van der Waals surface area contributed by atoms with Crippen LogP contribution in [0.2, 0.25) is 5.02 Å². The molecule has 0 saturated heterocycles. The van der Waals surface area contributed by atoms with Gasteiger partial charge < -0.3 is 5.32 Å². The molecule has 0 fully saturated rings. The van der Waals surface area contributed by atoms with Gasteiger partial charge in [-0.1, -0.05) is 47.6 Å². The van der Waals surface area contributed by atoms with Crippen LogP contribution in [0.1, 0.15) is 18.1 Å². The van der Waals surface area contributed by atoms with E-state index in [2.05, 4.69) is 10.4 Å². The minimum Gasteiger partial charge on any atom is -0.326 e. The highest BCUT2D eigenvalue weighted by Gasteiger charge is 2.22. The maximum absolute atomic E-state index is 12.2. The molecule has 0 radical (unpaired) electrons. The molecule has 1 N–H and O–H groups in total. The van der Waals surface area contributed by atoms with Gasteiger partial charge in [-0.25, -0.2) is 5.01 Å². The molecule has 1 aliphatic heterocycles. The zero-order valence-electron chi connectivity index (χ0n) is 13.5. The van der Waals surface area contributed by atoms with Gasteiger partial charge in [0, 0.05) is 23.4 Å². The normalized spacial score (nSPS) is 14.2. The van der Waals surface area contributed by atoms with Gasteiger partial charge in [0.1, 0.15) is 0 Å². The van der Waals surface area contributed by atoms with Crippen LogP contribution in [0.15, 0.2) is 53.6 Å². The molecule has 0 unspecified atom stereocenters. The number of rotatable bonds is 4. The molecule has 2 amide bonds. The van der Waals surface area contributed by atoms with E-state index in [4.69, 9.17) is 11.6 Å². The summed E-state index contributed by atoms with van der Waals surface area (Å²) < 4.78 is 0. The Kier molecular flexibility index (Phi) is 5.40. The van der Waals surface area contributed by atoms with Crippen LogP contribution in [0.4, 0.5) is 10.5 Å². The Bertz CT molecular complexity index is 836. The number of anilines is 1. The van der Waals surface area contributed by atoms with Gasteiger partial charge in [-0.3, -0.25) is 9.59 Å². The molecular formula is C18H16ClN3O2S. The first-order chi connectivity index (χ1) is 12.0. The smallest absolute Gasteiger partial charge is 0.302 e. The quantitative estimate of drug-likeness (QED) is 0.865. The Labute approximate surface area is 155 Å². The lowest BCUT2D eigenvalue weighted by Gasteiger charge is -2.23. The van der Waals surface area contributed by atoms with Gasteiger partial charge in [0.05, 0.1) is 12.3 Å². The number of carbonyl (C=O) groups is 2. The fourth-order valence-corrected chi connectivity index (χ4v) is 3.29. The number of halogens is 1. The number of hydrogen-bond acceptors (Lipinski definition) is 4. The van der Waals surface area contributed by atoms with Crippen molar-refractivity contribution in [1.29, 1.82) is 0 Å². The molecular weight excluding hydrogens is 358 g/mol. The van der Waals surface area contributed by atoms with Gasteiger partial charge in [-0.05, 0) is 35.4 Å². The van der Waals surface area contributed by atoms with Crippen LogP contribution in [0.25, 0.3) is 0 Å². The molecule has 0 aliphatic carbocycles. The lowest BCUT2D eigenvalue weighted by atomic mass is 10.1. The second kappa shape index (κ2) is 7.72. The largest absolute Gasteiger partial charge is 0.326 e. The number of hydrogen-bond donors (Lipinski definition) is 1. The number of nitrogens with zero attached hydrogens (tertiary/aromatic N) is 2. The Morgan fingerprint density at radius 2 is 2.04 bits per heavy atom. The van der Waals surface area contributed by atoms with Gasteiger partial charge in [0.25, 0.3) is 0 Å². The van der Waals surface area contributed by atoms with Crippen molar-refractivity contribution in [3.63, 3.8) is 0 Å². The average Bonchev–Trinajstić information content (AvgIpc) is 2.57. The number of benzene rings is 2. The molecule has 2 aromatic carbocycles. The van der Waals surface area contributed by atoms with Crippen molar-refractivity contribution in [3.05, 3.63) is 64.7 Å². The minimum atomic E-state index is -0.134. The second-order valence-corrected chi connectivity index (χ2v) is 6.91. The monoisotopic (exact) mass is 373 g/mol. The van der Waals surface area contributed by atoms with Crippen molar-refractivity contribution in [2.75, 3.05) is 11.1 Å². The summed E-state index contributed by atoms with van der Waals surface area (Å²) in [6.45, 7) is 1.80. The van der Waals surface area contributed by atoms with Crippen molar-refractivity contribution in [3.8, 4) is 0 Å². The molecule has 0 spiro atoms. The van der Waals surface area contributed by atoms with E-state index in [0.717, 1.165) is 16.8 Å². The highest BCUT2D eigenvalue weighted by Crippen LogP contribution is 2.23. The number of hydrazone groups is 1. The fourth-order valence-electron chi connectivity index (χ4n) is 2.43. The Balaban J connectivity index is 1.80. The molecule has 1 aliphatic rings. The number of thioether (sulfide) groups is 1. The highest BCUT2D eigenvalue weighted by atomic mass is 35.5. The minimum absolute atomic E-state index is 0.0948. The van der Waals surface area contributed by atoms with Crippen LogP contribution in [0.3, 0.4) is 0 Å². The first kappa shape index (κ1) is 17.5. The third-order valence-electron chi connectivity index (χ3n) is 3.54. The zero-order valence-corrected chi connectivity index (χ0v) is 15.1. The predicted molar refractivity (Wildman–Crippen MR) is 102 cm³/mol. The van der Waals surface area contributed by atoms with Crippen LogP contribution in [0, 0.1) is 0 Å². The standard InChI is InChI=1S/C18H16ClN3O2S/c1-12(23)20-16-4-2-3-13(9-16)10-22-18(24)25-11-17(21-22)14-5-7-15(19)8-6-14/h2-9H,10-11H2,1H3,(H,20,23). The van der Waals surface area contributed by atoms with Gasteiger partial charge in [0.15, 0.2) is 0 Å². The van der Waals surface area contributed by atoms with E-state index in [1.807, 2.05) is 42.5 Å².